The van der Waals surface area contributed by atoms with Crippen molar-refractivity contribution in [1.82, 2.24) is 25.2 Å². The zero-order valence-electron chi connectivity index (χ0n) is 16.3. The number of piperidine rings is 1. The second-order valence-corrected chi connectivity index (χ2v) is 8.44. The zero-order chi connectivity index (χ0) is 19.8. The molecule has 0 bridgehead atoms. The molecule has 2 aromatic heterocycles. The maximum Gasteiger partial charge on any atom is 0.272 e. The van der Waals surface area contributed by atoms with Crippen LogP contribution in [0.5, 0.6) is 0 Å². The van der Waals surface area contributed by atoms with Gasteiger partial charge in [0.15, 0.2) is 0 Å². The van der Waals surface area contributed by atoms with E-state index in [1.807, 2.05) is 17.0 Å². The number of pyridine rings is 1. The van der Waals surface area contributed by atoms with E-state index in [2.05, 4.69) is 20.3 Å². The van der Waals surface area contributed by atoms with Crippen molar-refractivity contribution in [3.05, 3.63) is 47.3 Å². The first kappa shape index (κ1) is 18.3. The molecule has 0 unspecified atom stereocenters. The lowest BCUT2D eigenvalue weighted by Crippen LogP contribution is -2.55. The fraction of sp³-hybridized carbons (Fsp3) is 0.524. The number of hydrogen-bond donors (Lipinski definition) is 2. The van der Waals surface area contributed by atoms with Crippen molar-refractivity contribution in [3.8, 4) is 0 Å². The Kier molecular flexibility index (Phi) is 4.58. The fourth-order valence-electron chi connectivity index (χ4n) is 4.83. The third-order valence-corrected chi connectivity index (χ3v) is 6.58. The first-order valence-corrected chi connectivity index (χ1v) is 10.3. The summed E-state index contributed by atoms with van der Waals surface area (Å²) in [7, 11) is 0. The Morgan fingerprint density at radius 3 is 2.83 bits per heavy atom. The normalized spacial score (nSPS) is 20.8. The van der Waals surface area contributed by atoms with Crippen LogP contribution in [0.2, 0.25) is 0 Å². The number of nitrogens with one attached hydrogen (secondary N) is 2. The molecule has 1 saturated heterocycles. The second kappa shape index (κ2) is 7.26. The third kappa shape index (κ3) is 3.53. The van der Waals surface area contributed by atoms with Crippen molar-refractivity contribution in [3.63, 3.8) is 0 Å². The van der Waals surface area contributed by atoms with E-state index in [1.54, 1.807) is 0 Å². The lowest BCUT2D eigenvalue weighted by atomic mass is 9.60. The summed E-state index contributed by atoms with van der Waals surface area (Å²) in [5.74, 6) is -0.0728. The van der Waals surface area contributed by atoms with Crippen LogP contribution in [0.3, 0.4) is 0 Å². The molecule has 8 heteroatoms. The number of rotatable bonds is 3. The van der Waals surface area contributed by atoms with Gasteiger partial charge in [0, 0.05) is 31.2 Å². The van der Waals surface area contributed by atoms with E-state index in [-0.39, 0.29) is 23.3 Å². The predicted octanol–water partition coefficient (Wildman–Crippen LogP) is 1.69. The molecule has 1 aliphatic carbocycles. The van der Waals surface area contributed by atoms with Crippen molar-refractivity contribution in [1.29, 1.82) is 0 Å². The molecule has 4 heterocycles. The van der Waals surface area contributed by atoms with Gasteiger partial charge in [0.1, 0.15) is 11.4 Å². The number of aromatic nitrogens is 3. The summed E-state index contributed by atoms with van der Waals surface area (Å²) in [5, 5.41) is 3.07. The topological polar surface area (TPSA) is 100 Å². The van der Waals surface area contributed by atoms with Crippen LogP contribution in [0.4, 0.5) is 0 Å². The summed E-state index contributed by atoms with van der Waals surface area (Å²) in [5.41, 5.74) is 3.37. The Morgan fingerprint density at radius 2 is 2.07 bits per heavy atom. The highest BCUT2D eigenvalue weighted by molar-refractivity contribution is 5.93. The quantitative estimate of drug-likeness (QED) is 0.824. The molecule has 152 valence electrons. The molecule has 0 radical (unpaired) electrons. The van der Waals surface area contributed by atoms with E-state index in [1.165, 1.54) is 12.5 Å². The number of aromatic amines is 1. The van der Waals surface area contributed by atoms with E-state index in [0.717, 1.165) is 56.5 Å². The number of nitrogens with zero attached hydrogens (tertiary/aromatic N) is 3. The van der Waals surface area contributed by atoms with Crippen LogP contribution in [0.25, 0.3) is 0 Å². The third-order valence-electron chi connectivity index (χ3n) is 6.58. The maximum absolute atomic E-state index is 12.9. The Bertz CT molecular complexity index is 910. The van der Waals surface area contributed by atoms with Gasteiger partial charge in [-0.25, -0.2) is 9.97 Å². The molecular formula is C21H25N5O3. The van der Waals surface area contributed by atoms with Crippen LogP contribution in [-0.4, -0.2) is 57.4 Å². The number of hydrogen-bond acceptors (Lipinski definition) is 5. The van der Waals surface area contributed by atoms with Gasteiger partial charge in [0.05, 0.1) is 25.7 Å². The Morgan fingerprint density at radius 1 is 1.24 bits per heavy atom. The highest BCUT2D eigenvalue weighted by Gasteiger charge is 2.47. The van der Waals surface area contributed by atoms with Crippen molar-refractivity contribution in [2.75, 3.05) is 19.7 Å². The molecule has 5 rings (SSSR count). The number of imidazole rings is 1. The average Bonchev–Trinajstić information content (AvgIpc) is 3.27. The molecule has 2 aromatic rings. The lowest BCUT2D eigenvalue weighted by Gasteiger charge is -2.52. The molecule has 2 aliphatic heterocycles. The van der Waals surface area contributed by atoms with E-state index in [0.29, 0.717) is 24.6 Å². The molecule has 29 heavy (non-hydrogen) atoms. The van der Waals surface area contributed by atoms with Crippen molar-refractivity contribution in [2.45, 2.75) is 44.8 Å². The monoisotopic (exact) mass is 395 g/mol. The largest absolute Gasteiger partial charge is 0.376 e. The fourth-order valence-corrected chi connectivity index (χ4v) is 4.83. The van der Waals surface area contributed by atoms with Crippen LogP contribution in [0.1, 0.15) is 57.9 Å². The number of carbonyl (C=O) groups excluding carboxylic acids is 2. The van der Waals surface area contributed by atoms with Crippen LogP contribution < -0.4 is 5.32 Å². The van der Waals surface area contributed by atoms with Crippen LogP contribution in [-0.2, 0) is 17.8 Å². The predicted molar refractivity (Wildman–Crippen MR) is 104 cm³/mol. The molecule has 2 amide bonds. The first-order chi connectivity index (χ1) is 14.1. The number of amides is 2. The van der Waals surface area contributed by atoms with Gasteiger partial charge in [0.25, 0.3) is 11.8 Å². The Balaban J connectivity index is 1.14. The van der Waals surface area contributed by atoms with E-state index in [9.17, 15) is 9.59 Å². The SMILES string of the molecule is O=C(NC1CC2(CCN(C(=O)c3ccc4c(n3)CCOC4)CC2)C1)c1cnc[nH]1. The molecular weight excluding hydrogens is 370 g/mol. The van der Waals surface area contributed by atoms with Gasteiger partial charge in [-0.3, -0.25) is 9.59 Å². The number of fused-ring (bicyclic) bond motifs is 1. The summed E-state index contributed by atoms with van der Waals surface area (Å²) in [6.45, 7) is 2.76. The summed E-state index contributed by atoms with van der Waals surface area (Å²) >= 11 is 0. The number of carbonyl (C=O) groups is 2. The molecule has 2 N–H and O–H groups in total. The average molecular weight is 395 g/mol. The highest BCUT2D eigenvalue weighted by atomic mass is 16.5. The number of likely N-dealkylation sites (tertiary alicyclic amines) is 1. The van der Waals surface area contributed by atoms with Gasteiger partial charge < -0.3 is 19.9 Å². The second-order valence-electron chi connectivity index (χ2n) is 8.44. The van der Waals surface area contributed by atoms with Crippen molar-refractivity contribution in [2.24, 2.45) is 5.41 Å². The van der Waals surface area contributed by atoms with Crippen LogP contribution in [0, 0.1) is 5.41 Å². The summed E-state index contributed by atoms with van der Waals surface area (Å²) in [6.07, 6.45) is 7.73. The molecule has 1 spiro atoms. The minimum Gasteiger partial charge on any atom is -0.376 e. The summed E-state index contributed by atoms with van der Waals surface area (Å²) in [4.78, 5) is 38.3. The van der Waals surface area contributed by atoms with E-state index >= 15 is 0 Å². The van der Waals surface area contributed by atoms with E-state index < -0.39 is 0 Å². The Hall–Kier alpha value is -2.74. The van der Waals surface area contributed by atoms with Gasteiger partial charge in [-0.2, -0.15) is 0 Å². The zero-order valence-corrected chi connectivity index (χ0v) is 16.3. The lowest BCUT2D eigenvalue weighted by molar-refractivity contribution is 0.00833. The minimum absolute atomic E-state index is 0.0255. The molecule has 8 nitrogen and oxygen atoms in total. The highest BCUT2D eigenvalue weighted by Crippen LogP contribution is 2.49. The first-order valence-electron chi connectivity index (χ1n) is 10.3. The molecule has 0 aromatic carbocycles. The summed E-state index contributed by atoms with van der Waals surface area (Å²) in [6, 6.07) is 4.00. The molecule has 3 aliphatic rings. The van der Waals surface area contributed by atoms with Crippen molar-refractivity contribution >= 4 is 11.8 Å². The van der Waals surface area contributed by atoms with Gasteiger partial charge >= 0.3 is 0 Å². The molecule has 2 fully saturated rings. The van der Waals surface area contributed by atoms with Crippen LogP contribution >= 0.6 is 0 Å². The van der Waals surface area contributed by atoms with Gasteiger partial charge in [0.2, 0.25) is 0 Å². The minimum atomic E-state index is -0.0983. The molecule has 1 saturated carbocycles. The smallest absolute Gasteiger partial charge is 0.272 e. The number of H-pyrrole nitrogens is 1. The van der Waals surface area contributed by atoms with Crippen molar-refractivity contribution < 1.29 is 14.3 Å². The Labute approximate surface area is 169 Å². The van der Waals surface area contributed by atoms with Gasteiger partial charge in [-0.05, 0) is 42.7 Å². The molecule has 0 atom stereocenters. The van der Waals surface area contributed by atoms with Crippen LogP contribution in [0.15, 0.2) is 24.7 Å². The van der Waals surface area contributed by atoms with Gasteiger partial charge in [-0.15, -0.1) is 0 Å². The van der Waals surface area contributed by atoms with E-state index in [4.69, 9.17) is 4.74 Å². The summed E-state index contributed by atoms with van der Waals surface area (Å²) < 4.78 is 5.44. The maximum atomic E-state index is 12.9. The standard InChI is InChI=1S/C21H25N5O3/c27-19(18-11-22-13-23-18)24-15-9-21(10-15)4-6-26(7-5-21)20(28)17-2-1-14-12-29-8-3-16(14)25-17/h1-2,11,13,15H,3-10,12H2,(H,22,23)(H,24,27). The number of ether oxygens (including phenoxy) is 1. The van der Waals surface area contributed by atoms with Gasteiger partial charge in [-0.1, -0.05) is 6.07 Å².